The quantitative estimate of drug-likeness (QED) is 0.805. The number of benzene rings is 2. The Bertz CT molecular complexity index is 749. The normalized spacial score (nSPS) is 15.7. The van der Waals surface area contributed by atoms with Gasteiger partial charge >= 0.3 is 0 Å². The lowest BCUT2D eigenvalue weighted by Crippen LogP contribution is -2.54. The molecule has 26 heavy (non-hydrogen) atoms. The summed E-state index contributed by atoms with van der Waals surface area (Å²) in [6, 6.07) is 15.0. The first-order valence-corrected chi connectivity index (χ1v) is 9.58. The molecule has 0 saturated carbocycles. The van der Waals surface area contributed by atoms with Crippen LogP contribution in [0, 0.1) is 20.8 Å². The van der Waals surface area contributed by atoms with E-state index in [-0.39, 0.29) is 0 Å². The van der Waals surface area contributed by atoms with Crippen molar-refractivity contribution >= 4 is 23.0 Å². The van der Waals surface area contributed by atoms with E-state index in [1.807, 2.05) is 12.1 Å². The number of aryl methyl sites for hydroxylation is 3. The number of rotatable bonds is 4. The standard InChI is InChI=1S/C21H28N4S/c1-16-5-8-20(9-6-16)22-21(26)23-25-12-10-24(11-13-25)15-19-7-4-17(2)14-18(19)3/h4-9,14H,10-13,15H2,1-3H3,(H2,22,23,26). The minimum absolute atomic E-state index is 0.650. The Morgan fingerprint density at radius 2 is 1.58 bits per heavy atom. The highest BCUT2D eigenvalue weighted by Crippen LogP contribution is 2.14. The zero-order chi connectivity index (χ0) is 18.5. The van der Waals surface area contributed by atoms with Crippen LogP contribution >= 0.6 is 12.2 Å². The molecule has 0 aromatic heterocycles. The Labute approximate surface area is 162 Å². The first kappa shape index (κ1) is 18.8. The van der Waals surface area contributed by atoms with Crippen molar-refractivity contribution in [1.29, 1.82) is 0 Å². The Kier molecular flexibility index (Phi) is 6.25. The number of anilines is 1. The molecule has 1 aliphatic heterocycles. The van der Waals surface area contributed by atoms with Crippen molar-refractivity contribution in [2.24, 2.45) is 0 Å². The van der Waals surface area contributed by atoms with Gasteiger partial charge in [0.15, 0.2) is 5.11 Å². The van der Waals surface area contributed by atoms with Crippen molar-refractivity contribution in [1.82, 2.24) is 15.3 Å². The van der Waals surface area contributed by atoms with Crippen LogP contribution in [0.5, 0.6) is 0 Å². The molecule has 2 N–H and O–H groups in total. The highest BCUT2D eigenvalue weighted by Gasteiger charge is 2.18. The van der Waals surface area contributed by atoms with Crippen LogP contribution in [0.1, 0.15) is 22.3 Å². The van der Waals surface area contributed by atoms with E-state index in [1.165, 1.54) is 22.3 Å². The van der Waals surface area contributed by atoms with E-state index in [9.17, 15) is 0 Å². The Balaban J connectivity index is 1.44. The summed E-state index contributed by atoms with van der Waals surface area (Å²) in [6.45, 7) is 11.4. The molecule has 5 heteroatoms. The molecule has 0 aliphatic carbocycles. The van der Waals surface area contributed by atoms with E-state index >= 15 is 0 Å². The molecule has 2 aromatic carbocycles. The van der Waals surface area contributed by atoms with Crippen LogP contribution in [-0.4, -0.2) is 41.2 Å². The number of hydrazine groups is 1. The number of hydrogen-bond acceptors (Lipinski definition) is 3. The Morgan fingerprint density at radius 1 is 0.923 bits per heavy atom. The van der Waals surface area contributed by atoms with Gasteiger partial charge in [-0.3, -0.25) is 10.3 Å². The van der Waals surface area contributed by atoms with Gasteiger partial charge in [0.25, 0.3) is 0 Å². The molecule has 1 saturated heterocycles. The fourth-order valence-corrected chi connectivity index (χ4v) is 3.47. The second-order valence-corrected chi connectivity index (χ2v) is 7.53. The maximum Gasteiger partial charge on any atom is 0.185 e. The number of piperazine rings is 1. The monoisotopic (exact) mass is 368 g/mol. The highest BCUT2D eigenvalue weighted by atomic mass is 32.1. The predicted octanol–water partition coefficient (Wildman–Crippen LogP) is 3.63. The van der Waals surface area contributed by atoms with Crippen LogP contribution in [0.2, 0.25) is 0 Å². The molecule has 0 bridgehead atoms. The van der Waals surface area contributed by atoms with Crippen molar-refractivity contribution in [2.75, 3.05) is 31.5 Å². The van der Waals surface area contributed by atoms with E-state index in [1.54, 1.807) is 0 Å². The van der Waals surface area contributed by atoms with Gasteiger partial charge in [0.05, 0.1) is 0 Å². The molecular formula is C21H28N4S. The maximum atomic E-state index is 5.44. The first-order valence-electron chi connectivity index (χ1n) is 9.17. The molecule has 138 valence electrons. The van der Waals surface area contributed by atoms with Crippen molar-refractivity contribution in [3.8, 4) is 0 Å². The second-order valence-electron chi connectivity index (χ2n) is 7.13. The summed E-state index contributed by atoms with van der Waals surface area (Å²) < 4.78 is 0. The van der Waals surface area contributed by atoms with E-state index in [0.29, 0.717) is 5.11 Å². The third kappa shape index (κ3) is 5.27. The molecule has 0 spiro atoms. The van der Waals surface area contributed by atoms with Crippen LogP contribution in [0.4, 0.5) is 5.69 Å². The summed E-state index contributed by atoms with van der Waals surface area (Å²) in [5, 5.41) is 6.09. The lowest BCUT2D eigenvalue weighted by molar-refractivity contribution is 0.108. The summed E-state index contributed by atoms with van der Waals surface area (Å²) in [6.07, 6.45) is 0. The second kappa shape index (κ2) is 8.62. The van der Waals surface area contributed by atoms with Gasteiger partial charge < -0.3 is 5.32 Å². The fraction of sp³-hybridized carbons (Fsp3) is 0.381. The van der Waals surface area contributed by atoms with Gasteiger partial charge in [0.1, 0.15) is 0 Å². The molecule has 0 amide bonds. The molecule has 0 atom stereocenters. The smallest absolute Gasteiger partial charge is 0.185 e. The molecule has 1 aliphatic rings. The van der Waals surface area contributed by atoms with Gasteiger partial charge in [0, 0.05) is 38.4 Å². The van der Waals surface area contributed by atoms with Crippen LogP contribution in [0.15, 0.2) is 42.5 Å². The van der Waals surface area contributed by atoms with Crippen molar-refractivity contribution in [2.45, 2.75) is 27.3 Å². The van der Waals surface area contributed by atoms with Gasteiger partial charge in [-0.05, 0) is 56.2 Å². The summed E-state index contributed by atoms with van der Waals surface area (Å²) in [5.74, 6) is 0. The van der Waals surface area contributed by atoms with Crippen LogP contribution < -0.4 is 10.7 Å². The zero-order valence-corrected chi connectivity index (χ0v) is 16.7. The topological polar surface area (TPSA) is 30.5 Å². The molecule has 3 rings (SSSR count). The minimum atomic E-state index is 0.650. The number of thiocarbonyl (C=S) groups is 1. The van der Waals surface area contributed by atoms with E-state index in [0.717, 1.165) is 38.4 Å². The highest BCUT2D eigenvalue weighted by molar-refractivity contribution is 7.80. The summed E-state index contributed by atoms with van der Waals surface area (Å²) in [7, 11) is 0. The van der Waals surface area contributed by atoms with Crippen LogP contribution in [-0.2, 0) is 6.54 Å². The SMILES string of the molecule is Cc1ccc(NC(=S)NN2CCN(Cc3ccc(C)cc3C)CC2)cc1. The minimum Gasteiger partial charge on any atom is -0.332 e. The molecule has 0 unspecified atom stereocenters. The molecule has 1 fully saturated rings. The van der Waals surface area contributed by atoms with Crippen molar-refractivity contribution < 1.29 is 0 Å². The molecule has 1 heterocycles. The predicted molar refractivity (Wildman–Crippen MR) is 113 cm³/mol. The average molecular weight is 369 g/mol. The largest absolute Gasteiger partial charge is 0.332 e. The van der Waals surface area contributed by atoms with Crippen LogP contribution in [0.25, 0.3) is 0 Å². The first-order chi connectivity index (χ1) is 12.5. The number of hydrogen-bond donors (Lipinski definition) is 2. The van der Waals surface area contributed by atoms with Gasteiger partial charge in [-0.1, -0.05) is 41.5 Å². The van der Waals surface area contributed by atoms with E-state index in [2.05, 4.69) is 71.8 Å². The average Bonchev–Trinajstić information content (AvgIpc) is 2.61. The molecule has 0 radical (unpaired) electrons. The molecule has 4 nitrogen and oxygen atoms in total. The number of nitrogens with zero attached hydrogens (tertiary/aromatic N) is 2. The third-order valence-corrected chi connectivity index (χ3v) is 5.03. The van der Waals surface area contributed by atoms with Gasteiger partial charge in [-0.15, -0.1) is 0 Å². The summed E-state index contributed by atoms with van der Waals surface area (Å²) in [4.78, 5) is 2.51. The van der Waals surface area contributed by atoms with Crippen molar-refractivity contribution in [3.63, 3.8) is 0 Å². The summed E-state index contributed by atoms with van der Waals surface area (Å²) in [5.41, 5.74) is 9.71. The lowest BCUT2D eigenvalue weighted by Gasteiger charge is -2.35. The summed E-state index contributed by atoms with van der Waals surface area (Å²) >= 11 is 5.44. The molecular weight excluding hydrogens is 340 g/mol. The Hall–Kier alpha value is -1.95. The third-order valence-electron chi connectivity index (χ3n) is 4.83. The zero-order valence-electron chi connectivity index (χ0n) is 15.9. The maximum absolute atomic E-state index is 5.44. The van der Waals surface area contributed by atoms with Gasteiger partial charge in [-0.2, -0.15) is 0 Å². The fourth-order valence-electron chi connectivity index (χ4n) is 3.22. The van der Waals surface area contributed by atoms with Crippen molar-refractivity contribution in [3.05, 3.63) is 64.7 Å². The van der Waals surface area contributed by atoms with Gasteiger partial charge in [-0.25, -0.2) is 5.01 Å². The van der Waals surface area contributed by atoms with Gasteiger partial charge in [0.2, 0.25) is 0 Å². The van der Waals surface area contributed by atoms with E-state index < -0.39 is 0 Å². The Morgan fingerprint density at radius 3 is 2.23 bits per heavy atom. The number of nitrogens with one attached hydrogen (secondary N) is 2. The lowest BCUT2D eigenvalue weighted by atomic mass is 10.1. The van der Waals surface area contributed by atoms with Crippen LogP contribution in [0.3, 0.4) is 0 Å². The van der Waals surface area contributed by atoms with E-state index in [4.69, 9.17) is 12.2 Å². The molecule has 2 aromatic rings.